The van der Waals surface area contributed by atoms with Crippen LogP contribution >= 0.6 is 11.8 Å². The Morgan fingerprint density at radius 1 is 1.15 bits per heavy atom. The van der Waals surface area contributed by atoms with Gasteiger partial charge in [-0.15, -0.1) is 11.8 Å². The van der Waals surface area contributed by atoms with Crippen molar-refractivity contribution in [1.82, 2.24) is 0 Å². The van der Waals surface area contributed by atoms with E-state index in [4.69, 9.17) is 4.74 Å². The first-order valence-corrected chi connectivity index (χ1v) is 8.45. The van der Waals surface area contributed by atoms with E-state index in [0.717, 1.165) is 41.2 Å². The summed E-state index contributed by atoms with van der Waals surface area (Å²) < 4.78 is 5.91. The topological polar surface area (TPSA) is 26.3 Å². The van der Waals surface area contributed by atoms with Crippen LogP contribution in [0.25, 0.3) is 0 Å². The lowest BCUT2D eigenvalue weighted by molar-refractivity contribution is -0.121. The van der Waals surface area contributed by atoms with Gasteiger partial charge in [0.15, 0.2) is 11.9 Å². The zero-order valence-corrected chi connectivity index (χ0v) is 12.5. The second kappa shape index (κ2) is 6.49. The molecule has 0 N–H and O–H groups in total. The van der Waals surface area contributed by atoms with Crippen LogP contribution in [-0.4, -0.2) is 17.6 Å². The van der Waals surface area contributed by atoms with E-state index in [1.807, 2.05) is 18.2 Å². The number of hydrogen-bond acceptors (Lipinski definition) is 3. The van der Waals surface area contributed by atoms with Gasteiger partial charge in [0.25, 0.3) is 0 Å². The molecule has 106 valence electrons. The maximum absolute atomic E-state index is 12.6. The van der Waals surface area contributed by atoms with Gasteiger partial charge in [-0.25, -0.2) is 0 Å². The van der Waals surface area contributed by atoms with Gasteiger partial charge in [-0.3, -0.25) is 4.79 Å². The Labute approximate surface area is 124 Å². The third kappa shape index (κ3) is 3.09. The summed E-state index contributed by atoms with van der Waals surface area (Å²) in [6, 6.07) is 7.97. The van der Waals surface area contributed by atoms with Crippen molar-refractivity contribution in [1.29, 1.82) is 0 Å². The van der Waals surface area contributed by atoms with E-state index in [2.05, 4.69) is 12.1 Å². The predicted molar refractivity (Wildman–Crippen MR) is 82.4 cm³/mol. The monoisotopic (exact) mass is 288 g/mol. The average Bonchev–Trinajstić information content (AvgIpc) is 2.46. The molecule has 0 amide bonds. The van der Waals surface area contributed by atoms with Crippen LogP contribution in [0.3, 0.4) is 0 Å². The molecule has 1 aromatic carbocycles. The summed E-state index contributed by atoms with van der Waals surface area (Å²) in [6.45, 7) is 0. The fourth-order valence-corrected chi connectivity index (χ4v) is 3.75. The Morgan fingerprint density at radius 3 is 2.95 bits per heavy atom. The predicted octanol–water partition coefficient (Wildman–Crippen LogP) is 4.39. The largest absolute Gasteiger partial charge is 0.480 e. The second-order valence-corrected chi connectivity index (χ2v) is 6.47. The molecule has 0 fully saturated rings. The minimum atomic E-state index is -0.305. The summed E-state index contributed by atoms with van der Waals surface area (Å²) in [6.07, 6.45) is 8.68. The second-order valence-electron chi connectivity index (χ2n) is 5.41. The lowest BCUT2D eigenvalue weighted by atomic mass is 9.95. The number of rotatable bonds is 2. The number of ether oxygens (including phenoxy) is 1. The van der Waals surface area contributed by atoms with Gasteiger partial charge >= 0.3 is 0 Å². The Morgan fingerprint density at radius 2 is 2.00 bits per heavy atom. The first kappa shape index (κ1) is 13.7. The Kier molecular flexibility index (Phi) is 4.46. The van der Waals surface area contributed by atoms with Crippen LogP contribution in [0.15, 0.2) is 40.8 Å². The van der Waals surface area contributed by atoms with Crippen molar-refractivity contribution in [3.8, 4) is 5.75 Å². The number of benzene rings is 1. The lowest BCUT2D eigenvalue weighted by Gasteiger charge is -2.25. The quantitative estimate of drug-likeness (QED) is 0.807. The van der Waals surface area contributed by atoms with Crippen LogP contribution in [0, 0.1) is 0 Å². The maximum atomic E-state index is 12.6. The molecule has 1 atom stereocenters. The van der Waals surface area contributed by atoms with Crippen molar-refractivity contribution in [3.05, 3.63) is 35.9 Å². The van der Waals surface area contributed by atoms with Crippen molar-refractivity contribution in [2.45, 2.75) is 49.5 Å². The zero-order chi connectivity index (χ0) is 13.8. The summed E-state index contributed by atoms with van der Waals surface area (Å²) in [5.74, 6) is 1.79. The molecular formula is C17H20O2S. The van der Waals surface area contributed by atoms with Gasteiger partial charge in [0.05, 0.1) is 0 Å². The van der Waals surface area contributed by atoms with E-state index >= 15 is 0 Å². The van der Waals surface area contributed by atoms with Gasteiger partial charge < -0.3 is 4.74 Å². The highest BCUT2D eigenvalue weighted by Crippen LogP contribution is 2.36. The molecule has 20 heavy (non-hydrogen) atoms. The fraction of sp³-hybridized carbons (Fsp3) is 0.471. The highest BCUT2D eigenvalue weighted by atomic mass is 32.2. The molecule has 1 aliphatic heterocycles. The molecule has 1 aliphatic carbocycles. The molecule has 0 spiro atoms. The SMILES string of the molecule is O=C(/C1=C/CCCCCC1)C1CSc2ccccc2O1. The van der Waals surface area contributed by atoms with Gasteiger partial charge in [-0.05, 0) is 43.4 Å². The summed E-state index contributed by atoms with van der Waals surface area (Å²) in [5.41, 5.74) is 0.995. The Bertz CT molecular complexity index is 521. The lowest BCUT2D eigenvalue weighted by Crippen LogP contribution is -2.33. The number of fused-ring (bicyclic) bond motifs is 1. The van der Waals surface area contributed by atoms with E-state index in [-0.39, 0.29) is 11.9 Å². The average molecular weight is 288 g/mol. The van der Waals surface area contributed by atoms with Crippen LogP contribution in [-0.2, 0) is 4.79 Å². The Balaban J connectivity index is 1.72. The van der Waals surface area contributed by atoms with E-state index in [1.54, 1.807) is 11.8 Å². The van der Waals surface area contributed by atoms with Crippen molar-refractivity contribution >= 4 is 17.5 Å². The molecule has 2 aliphatic rings. The molecule has 3 heteroatoms. The van der Waals surface area contributed by atoms with Crippen LogP contribution in [0.2, 0.25) is 0 Å². The third-order valence-electron chi connectivity index (χ3n) is 3.91. The minimum absolute atomic E-state index is 0.203. The molecule has 0 aromatic heterocycles. The number of carbonyl (C=O) groups is 1. The molecule has 1 heterocycles. The third-order valence-corrected chi connectivity index (χ3v) is 5.03. The van der Waals surface area contributed by atoms with E-state index < -0.39 is 0 Å². The first-order valence-electron chi connectivity index (χ1n) is 7.46. The molecule has 1 unspecified atom stereocenters. The standard InChI is InChI=1S/C17H20O2S/c18-17(13-8-4-2-1-3-5-9-13)15-12-20-16-11-7-6-10-14(16)19-15/h6-8,10-11,15H,1-5,9,12H2/b13-8+. The van der Waals surface area contributed by atoms with Crippen molar-refractivity contribution in [2.24, 2.45) is 0 Å². The molecule has 0 radical (unpaired) electrons. The van der Waals surface area contributed by atoms with Crippen LogP contribution < -0.4 is 4.74 Å². The molecular weight excluding hydrogens is 268 g/mol. The summed E-state index contributed by atoms with van der Waals surface area (Å²) in [4.78, 5) is 13.8. The summed E-state index contributed by atoms with van der Waals surface area (Å²) >= 11 is 1.73. The number of hydrogen-bond donors (Lipinski definition) is 0. The molecule has 2 nitrogen and oxygen atoms in total. The number of thioether (sulfide) groups is 1. The number of ketones is 1. The number of para-hydroxylation sites is 1. The van der Waals surface area contributed by atoms with Crippen LogP contribution in [0.1, 0.15) is 38.5 Å². The number of carbonyl (C=O) groups excluding carboxylic acids is 1. The van der Waals surface area contributed by atoms with Gasteiger partial charge in [-0.1, -0.05) is 31.1 Å². The smallest absolute Gasteiger partial charge is 0.199 e. The maximum Gasteiger partial charge on any atom is 0.199 e. The van der Waals surface area contributed by atoms with Crippen molar-refractivity contribution in [2.75, 3.05) is 5.75 Å². The van der Waals surface area contributed by atoms with Crippen molar-refractivity contribution in [3.63, 3.8) is 0 Å². The minimum Gasteiger partial charge on any atom is -0.480 e. The van der Waals surface area contributed by atoms with Gasteiger partial charge in [-0.2, -0.15) is 0 Å². The summed E-state index contributed by atoms with van der Waals surface area (Å²) in [7, 11) is 0. The number of Topliss-reactive ketones (excluding diaryl/α,β-unsaturated/α-hetero) is 1. The zero-order valence-electron chi connectivity index (χ0n) is 11.6. The molecule has 1 aromatic rings. The van der Waals surface area contributed by atoms with E-state index in [9.17, 15) is 4.79 Å². The summed E-state index contributed by atoms with van der Waals surface area (Å²) in [5, 5.41) is 0. The fourth-order valence-electron chi connectivity index (χ4n) is 2.77. The number of allylic oxidation sites excluding steroid dienone is 1. The molecule has 0 saturated carbocycles. The van der Waals surface area contributed by atoms with Crippen LogP contribution in [0.4, 0.5) is 0 Å². The molecule has 3 rings (SSSR count). The van der Waals surface area contributed by atoms with Gasteiger partial charge in [0, 0.05) is 10.6 Å². The van der Waals surface area contributed by atoms with Crippen LogP contribution in [0.5, 0.6) is 5.75 Å². The van der Waals surface area contributed by atoms with E-state index in [0.29, 0.717) is 0 Å². The van der Waals surface area contributed by atoms with Gasteiger partial charge in [0.1, 0.15) is 5.75 Å². The molecule has 0 bridgehead atoms. The van der Waals surface area contributed by atoms with Crippen molar-refractivity contribution < 1.29 is 9.53 Å². The van der Waals surface area contributed by atoms with Gasteiger partial charge in [0.2, 0.25) is 0 Å². The normalized spacial score (nSPS) is 25.4. The first-order chi connectivity index (χ1) is 9.84. The highest BCUT2D eigenvalue weighted by molar-refractivity contribution is 7.99. The Hall–Kier alpha value is -1.22. The molecule has 0 saturated heterocycles. The van der Waals surface area contributed by atoms with E-state index in [1.165, 1.54) is 19.3 Å². The highest BCUT2D eigenvalue weighted by Gasteiger charge is 2.28.